The first-order valence-corrected chi connectivity index (χ1v) is 10.0. The van der Waals surface area contributed by atoms with E-state index in [0.717, 1.165) is 12.8 Å². The van der Waals surface area contributed by atoms with Gasteiger partial charge in [0, 0.05) is 32.1 Å². The number of carbonyl (C=O) groups excluding carboxylic acids is 2. The second kappa shape index (κ2) is 6.10. The molecule has 1 saturated carbocycles. The summed E-state index contributed by atoms with van der Waals surface area (Å²) in [6.45, 7) is 0.973. The minimum Gasteiger partial charge on any atom is -0.353 e. The molecule has 0 bridgehead atoms. The summed E-state index contributed by atoms with van der Waals surface area (Å²) in [4.78, 5) is 26.3. The molecule has 0 radical (unpaired) electrons. The van der Waals surface area contributed by atoms with Crippen LogP contribution in [0.1, 0.15) is 19.3 Å². The fourth-order valence-electron chi connectivity index (χ4n) is 3.36. The van der Waals surface area contributed by atoms with E-state index in [1.165, 1.54) is 4.31 Å². The second-order valence-corrected chi connectivity index (χ2v) is 8.96. The molecule has 8 heteroatoms. The summed E-state index contributed by atoms with van der Waals surface area (Å²) in [5, 5.41) is 2.94. The number of hydrogen-bond acceptors (Lipinski definition) is 4. The SMILES string of the molecule is O=C(NC1CC1)C1CC(=O)N(C2CN(S(=O)(=O)c3ccccc3)C2)C1. The van der Waals surface area contributed by atoms with Gasteiger partial charge in [0.15, 0.2) is 0 Å². The van der Waals surface area contributed by atoms with E-state index in [0.29, 0.717) is 19.6 Å². The van der Waals surface area contributed by atoms with Crippen molar-refractivity contribution in [2.75, 3.05) is 19.6 Å². The van der Waals surface area contributed by atoms with Crippen molar-refractivity contribution in [1.82, 2.24) is 14.5 Å². The van der Waals surface area contributed by atoms with Crippen molar-refractivity contribution >= 4 is 21.8 Å². The first-order chi connectivity index (χ1) is 11.9. The Balaban J connectivity index is 1.36. The van der Waals surface area contributed by atoms with Crippen molar-refractivity contribution in [3.05, 3.63) is 30.3 Å². The zero-order valence-electron chi connectivity index (χ0n) is 13.8. The quantitative estimate of drug-likeness (QED) is 0.809. The third-order valence-corrected chi connectivity index (χ3v) is 6.95. The lowest BCUT2D eigenvalue weighted by molar-refractivity contribution is -0.132. The molecule has 1 unspecified atom stereocenters. The van der Waals surface area contributed by atoms with E-state index >= 15 is 0 Å². The molecule has 7 nitrogen and oxygen atoms in total. The van der Waals surface area contributed by atoms with Crippen LogP contribution in [0.4, 0.5) is 0 Å². The Morgan fingerprint density at radius 3 is 2.40 bits per heavy atom. The monoisotopic (exact) mass is 363 g/mol. The van der Waals surface area contributed by atoms with Gasteiger partial charge in [-0.05, 0) is 25.0 Å². The molecule has 134 valence electrons. The molecule has 2 aliphatic heterocycles. The van der Waals surface area contributed by atoms with Crippen molar-refractivity contribution in [3.8, 4) is 0 Å². The van der Waals surface area contributed by atoms with Crippen molar-refractivity contribution in [1.29, 1.82) is 0 Å². The predicted molar refractivity (Wildman–Crippen MR) is 90.0 cm³/mol. The molecule has 0 aromatic heterocycles. The molecule has 1 atom stereocenters. The molecule has 2 heterocycles. The van der Waals surface area contributed by atoms with Crippen LogP contribution in [0.3, 0.4) is 0 Å². The highest BCUT2D eigenvalue weighted by atomic mass is 32.2. The lowest BCUT2D eigenvalue weighted by Crippen LogP contribution is -2.61. The van der Waals surface area contributed by atoms with Crippen LogP contribution in [0.25, 0.3) is 0 Å². The van der Waals surface area contributed by atoms with Crippen molar-refractivity contribution in [2.45, 2.75) is 36.2 Å². The van der Waals surface area contributed by atoms with Crippen LogP contribution in [0.5, 0.6) is 0 Å². The first-order valence-electron chi connectivity index (χ1n) is 8.60. The molecule has 1 aromatic carbocycles. The van der Waals surface area contributed by atoms with Crippen molar-refractivity contribution in [2.24, 2.45) is 5.92 Å². The smallest absolute Gasteiger partial charge is 0.243 e. The summed E-state index contributed by atoms with van der Waals surface area (Å²) < 4.78 is 26.4. The molecular formula is C17H21N3O4S. The van der Waals surface area contributed by atoms with Crippen LogP contribution in [0, 0.1) is 5.92 Å². The zero-order chi connectivity index (χ0) is 17.6. The highest BCUT2D eigenvalue weighted by molar-refractivity contribution is 7.89. The van der Waals surface area contributed by atoms with Gasteiger partial charge in [-0.15, -0.1) is 0 Å². The van der Waals surface area contributed by atoms with Gasteiger partial charge in [0.25, 0.3) is 0 Å². The van der Waals surface area contributed by atoms with Crippen LogP contribution in [-0.2, 0) is 19.6 Å². The minimum atomic E-state index is -3.50. The molecule has 2 saturated heterocycles. The highest BCUT2D eigenvalue weighted by Crippen LogP contribution is 2.29. The van der Waals surface area contributed by atoms with E-state index < -0.39 is 10.0 Å². The van der Waals surface area contributed by atoms with Gasteiger partial charge in [0.05, 0.1) is 16.9 Å². The fourth-order valence-corrected chi connectivity index (χ4v) is 4.89. The number of rotatable bonds is 5. The van der Waals surface area contributed by atoms with Gasteiger partial charge in [-0.2, -0.15) is 4.31 Å². The van der Waals surface area contributed by atoms with Gasteiger partial charge in [-0.25, -0.2) is 8.42 Å². The van der Waals surface area contributed by atoms with Crippen LogP contribution >= 0.6 is 0 Å². The van der Waals surface area contributed by atoms with Crippen LogP contribution in [0.15, 0.2) is 35.2 Å². The average Bonchev–Trinajstić information content (AvgIpc) is 3.28. The second-order valence-electron chi connectivity index (χ2n) is 7.02. The van der Waals surface area contributed by atoms with Crippen LogP contribution in [0.2, 0.25) is 0 Å². The number of benzene rings is 1. The Kier molecular flexibility index (Phi) is 4.04. The van der Waals surface area contributed by atoms with E-state index in [4.69, 9.17) is 0 Å². The van der Waals surface area contributed by atoms with Gasteiger partial charge in [-0.3, -0.25) is 9.59 Å². The topological polar surface area (TPSA) is 86.8 Å². The normalized spacial score (nSPS) is 25.0. The molecule has 1 N–H and O–H groups in total. The van der Waals surface area contributed by atoms with E-state index in [2.05, 4.69) is 5.32 Å². The molecule has 4 rings (SSSR count). The van der Waals surface area contributed by atoms with E-state index in [9.17, 15) is 18.0 Å². The summed E-state index contributed by atoms with van der Waals surface area (Å²) in [7, 11) is -3.50. The van der Waals surface area contributed by atoms with E-state index in [-0.39, 0.29) is 41.1 Å². The highest BCUT2D eigenvalue weighted by Gasteiger charge is 2.46. The number of carbonyl (C=O) groups is 2. The number of nitrogens with zero attached hydrogens (tertiary/aromatic N) is 2. The van der Waals surface area contributed by atoms with Crippen molar-refractivity contribution in [3.63, 3.8) is 0 Å². The number of hydrogen-bond donors (Lipinski definition) is 1. The van der Waals surface area contributed by atoms with Crippen LogP contribution in [-0.4, -0.2) is 61.2 Å². The number of sulfonamides is 1. The van der Waals surface area contributed by atoms with Crippen LogP contribution < -0.4 is 5.32 Å². The third kappa shape index (κ3) is 3.16. The predicted octanol–water partition coefficient (Wildman–Crippen LogP) is 0.187. The molecule has 25 heavy (non-hydrogen) atoms. The van der Waals surface area contributed by atoms with Gasteiger partial charge in [0.2, 0.25) is 21.8 Å². The minimum absolute atomic E-state index is 0.0496. The van der Waals surface area contributed by atoms with Gasteiger partial charge in [-0.1, -0.05) is 18.2 Å². The van der Waals surface area contributed by atoms with E-state index in [1.54, 1.807) is 35.2 Å². The van der Waals surface area contributed by atoms with Crippen molar-refractivity contribution < 1.29 is 18.0 Å². The Hall–Kier alpha value is -1.93. The van der Waals surface area contributed by atoms with Gasteiger partial charge >= 0.3 is 0 Å². The summed E-state index contributed by atoms with van der Waals surface area (Å²) in [5.41, 5.74) is 0. The lowest BCUT2D eigenvalue weighted by Gasteiger charge is -2.42. The summed E-state index contributed by atoms with van der Waals surface area (Å²) in [6.07, 6.45) is 2.26. The first kappa shape index (κ1) is 16.5. The largest absolute Gasteiger partial charge is 0.353 e. The average molecular weight is 363 g/mol. The van der Waals surface area contributed by atoms with Gasteiger partial charge < -0.3 is 10.2 Å². The number of nitrogens with one attached hydrogen (secondary N) is 1. The summed E-state index contributed by atoms with van der Waals surface area (Å²) in [6, 6.07) is 8.45. The maximum absolute atomic E-state index is 12.5. The Labute approximate surface area is 147 Å². The Morgan fingerprint density at radius 1 is 1.08 bits per heavy atom. The fraction of sp³-hybridized carbons (Fsp3) is 0.529. The Bertz CT molecular complexity index is 785. The molecular weight excluding hydrogens is 342 g/mol. The lowest BCUT2D eigenvalue weighted by atomic mass is 10.1. The summed E-state index contributed by atoms with van der Waals surface area (Å²) in [5.74, 6) is -0.419. The molecule has 1 aliphatic carbocycles. The van der Waals surface area contributed by atoms with Gasteiger partial charge in [0.1, 0.15) is 0 Å². The standard InChI is InChI=1S/C17H21N3O4S/c21-16-8-12(17(22)18-13-6-7-13)9-20(16)14-10-19(11-14)25(23,24)15-4-2-1-3-5-15/h1-5,12-14H,6-11H2,(H,18,22). The third-order valence-electron chi connectivity index (χ3n) is 5.10. The number of amides is 2. The molecule has 1 aromatic rings. The maximum atomic E-state index is 12.5. The molecule has 3 fully saturated rings. The number of likely N-dealkylation sites (tertiary alicyclic amines) is 1. The zero-order valence-corrected chi connectivity index (χ0v) is 14.6. The molecule has 3 aliphatic rings. The summed E-state index contributed by atoms with van der Waals surface area (Å²) >= 11 is 0. The van der Waals surface area contributed by atoms with E-state index in [1.807, 2.05) is 0 Å². The molecule has 2 amide bonds. The molecule has 0 spiro atoms. The Morgan fingerprint density at radius 2 is 1.76 bits per heavy atom. The maximum Gasteiger partial charge on any atom is 0.243 e.